The number of nitrogens with zero attached hydrogens (tertiary/aromatic N) is 5. The number of anilines is 1. The first-order valence-electron chi connectivity index (χ1n) is 10.7. The molecular formula is C22H29ClFN5O. The fourth-order valence-corrected chi connectivity index (χ4v) is 5.01. The molecule has 0 spiro atoms. The molecule has 2 aliphatic heterocycles. The summed E-state index contributed by atoms with van der Waals surface area (Å²) < 4.78 is 14.9. The van der Waals surface area contributed by atoms with E-state index in [-0.39, 0.29) is 17.8 Å². The van der Waals surface area contributed by atoms with Crippen molar-refractivity contribution in [2.24, 2.45) is 7.05 Å². The molecule has 0 saturated carbocycles. The Kier molecular flexibility index (Phi) is 6.29. The van der Waals surface area contributed by atoms with Crippen molar-refractivity contribution in [1.82, 2.24) is 19.6 Å². The van der Waals surface area contributed by atoms with Crippen LogP contribution in [0.15, 0.2) is 24.3 Å². The zero-order valence-corrected chi connectivity index (χ0v) is 18.4. The second-order valence-corrected chi connectivity index (χ2v) is 8.56. The third kappa shape index (κ3) is 4.32. The number of aromatic nitrogens is 2. The predicted molar refractivity (Wildman–Crippen MR) is 116 cm³/mol. The van der Waals surface area contributed by atoms with Crippen molar-refractivity contribution in [2.75, 3.05) is 44.2 Å². The number of amides is 1. The zero-order valence-electron chi connectivity index (χ0n) is 17.7. The van der Waals surface area contributed by atoms with Gasteiger partial charge in [-0.25, -0.2) is 4.39 Å². The van der Waals surface area contributed by atoms with Gasteiger partial charge in [0.25, 0.3) is 0 Å². The largest absolute Gasteiger partial charge is 0.368 e. The molecule has 162 valence electrons. The van der Waals surface area contributed by atoms with Crippen LogP contribution in [0.2, 0.25) is 5.15 Å². The summed E-state index contributed by atoms with van der Waals surface area (Å²) in [6.07, 6.45) is 2.68. The highest BCUT2D eigenvalue weighted by Gasteiger charge is 2.31. The van der Waals surface area contributed by atoms with E-state index in [1.807, 2.05) is 18.9 Å². The number of piperazine rings is 1. The van der Waals surface area contributed by atoms with E-state index in [4.69, 9.17) is 11.6 Å². The van der Waals surface area contributed by atoms with Gasteiger partial charge in [-0.15, -0.1) is 0 Å². The molecule has 0 N–H and O–H groups in total. The van der Waals surface area contributed by atoms with E-state index < -0.39 is 0 Å². The summed E-state index contributed by atoms with van der Waals surface area (Å²) in [5.74, 6) is -0.0241. The summed E-state index contributed by atoms with van der Waals surface area (Å²) in [6.45, 7) is 6.68. The lowest BCUT2D eigenvalue weighted by Crippen LogP contribution is -2.49. The number of carbonyl (C=O) groups is 1. The Morgan fingerprint density at radius 1 is 1.17 bits per heavy atom. The number of rotatable bonds is 5. The molecule has 0 bridgehead atoms. The van der Waals surface area contributed by atoms with Crippen molar-refractivity contribution in [2.45, 2.75) is 32.2 Å². The maximum absolute atomic E-state index is 13.1. The van der Waals surface area contributed by atoms with Gasteiger partial charge in [-0.2, -0.15) is 5.10 Å². The van der Waals surface area contributed by atoms with Gasteiger partial charge in [0, 0.05) is 63.5 Å². The Balaban J connectivity index is 1.30. The molecule has 1 amide bonds. The number of likely N-dealkylation sites (tertiary alicyclic amines) is 1. The normalized spacial score (nSPS) is 20.2. The fourth-order valence-electron chi connectivity index (χ4n) is 4.71. The van der Waals surface area contributed by atoms with Crippen LogP contribution in [0.4, 0.5) is 10.1 Å². The van der Waals surface area contributed by atoms with Gasteiger partial charge in [0.05, 0.1) is 5.69 Å². The Hall–Kier alpha value is -2.12. The molecular weight excluding hydrogens is 405 g/mol. The molecule has 1 unspecified atom stereocenters. The van der Waals surface area contributed by atoms with Crippen LogP contribution in [0.25, 0.3) is 0 Å². The van der Waals surface area contributed by atoms with Crippen molar-refractivity contribution in [3.05, 3.63) is 46.5 Å². The van der Waals surface area contributed by atoms with Gasteiger partial charge in [-0.1, -0.05) is 11.6 Å². The maximum Gasteiger partial charge on any atom is 0.223 e. The van der Waals surface area contributed by atoms with Gasteiger partial charge in [-0.3, -0.25) is 14.4 Å². The minimum absolute atomic E-state index is 0.202. The summed E-state index contributed by atoms with van der Waals surface area (Å²) in [6, 6.07) is 6.80. The van der Waals surface area contributed by atoms with Crippen LogP contribution >= 0.6 is 11.6 Å². The molecule has 2 aliphatic rings. The van der Waals surface area contributed by atoms with Gasteiger partial charge in [-0.05, 0) is 50.6 Å². The molecule has 1 aromatic carbocycles. The minimum Gasteiger partial charge on any atom is -0.368 e. The molecule has 8 heteroatoms. The first-order chi connectivity index (χ1) is 14.4. The van der Waals surface area contributed by atoms with Gasteiger partial charge >= 0.3 is 0 Å². The molecule has 1 aromatic heterocycles. The highest BCUT2D eigenvalue weighted by atomic mass is 35.5. The van der Waals surface area contributed by atoms with E-state index in [9.17, 15) is 9.18 Å². The van der Waals surface area contributed by atoms with Crippen LogP contribution in [0.1, 0.15) is 36.6 Å². The number of carbonyl (C=O) groups excluding carboxylic acids is 1. The lowest BCUT2D eigenvalue weighted by molar-refractivity contribution is -0.131. The van der Waals surface area contributed by atoms with E-state index in [2.05, 4.69) is 14.9 Å². The number of hydrogen-bond donors (Lipinski definition) is 0. The van der Waals surface area contributed by atoms with E-state index in [0.29, 0.717) is 24.7 Å². The Morgan fingerprint density at radius 3 is 2.50 bits per heavy atom. The second kappa shape index (κ2) is 8.94. The van der Waals surface area contributed by atoms with E-state index in [0.717, 1.165) is 56.0 Å². The van der Waals surface area contributed by atoms with E-state index in [1.165, 1.54) is 12.1 Å². The molecule has 4 rings (SSSR count). The SMILES string of the molecule is Cc1nn(C)c(Cl)c1C1CCCN1CCC(=O)N1CCN(c2ccc(F)cc2)CC1. The summed E-state index contributed by atoms with van der Waals surface area (Å²) >= 11 is 6.49. The summed E-state index contributed by atoms with van der Waals surface area (Å²) in [5.41, 5.74) is 3.09. The lowest BCUT2D eigenvalue weighted by atomic mass is 10.1. The number of benzene rings is 1. The van der Waals surface area contributed by atoms with Gasteiger partial charge < -0.3 is 9.80 Å². The third-order valence-electron chi connectivity index (χ3n) is 6.33. The van der Waals surface area contributed by atoms with E-state index >= 15 is 0 Å². The van der Waals surface area contributed by atoms with Crippen molar-refractivity contribution >= 4 is 23.2 Å². The third-order valence-corrected chi connectivity index (χ3v) is 6.78. The average molecular weight is 434 g/mol. The first-order valence-corrected chi connectivity index (χ1v) is 11.0. The summed E-state index contributed by atoms with van der Waals surface area (Å²) in [4.78, 5) is 19.3. The summed E-state index contributed by atoms with van der Waals surface area (Å²) in [5, 5.41) is 5.15. The van der Waals surface area contributed by atoms with Crippen LogP contribution in [-0.4, -0.2) is 64.8 Å². The number of halogens is 2. The quantitative estimate of drug-likeness (QED) is 0.725. The highest BCUT2D eigenvalue weighted by Crippen LogP contribution is 2.37. The molecule has 2 fully saturated rings. The Morgan fingerprint density at radius 2 is 1.87 bits per heavy atom. The standard InChI is InChI=1S/C22H29ClFN5O/c1-16-21(22(23)26(2)25-16)19-4-3-10-28(19)11-9-20(30)29-14-12-27(13-15-29)18-7-5-17(24)6-8-18/h5-8,19H,3-4,9-15H2,1-2H3. The zero-order chi connectivity index (χ0) is 21.3. The summed E-state index contributed by atoms with van der Waals surface area (Å²) in [7, 11) is 1.87. The topological polar surface area (TPSA) is 44.6 Å². The van der Waals surface area contributed by atoms with Crippen LogP contribution < -0.4 is 4.90 Å². The number of hydrogen-bond acceptors (Lipinski definition) is 4. The maximum atomic E-state index is 13.1. The second-order valence-electron chi connectivity index (χ2n) is 8.20. The van der Waals surface area contributed by atoms with Gasteiger partial charge in [0.2, 0.25) is 5.91 Å². The van der Waals surface area contributed by atoms with Gasteiger partial charge in [0.15, 0.2) is 0 Å². The van der Waals surface area contributed by atoms with E-state index in [1.54, 1.807) is 16.8 Å². The molecule has 6 nitrogen and oxygen atoms in total. The van der Waals surface area contributed by atoms with Crippen molar-refractivity contribution < 1.29 is 9.18 Å². The highest BCUT2D eigenvalue weighted by molar-refractivity contribution is 6.30. The average Bonchev–Trinajstić information content (AvgIpc) is 3.30. The molecule has 2 saturated heterocycles. The van der Waals surface area contributed by atoms with Crippen LogP contribution in [0.3, 0.4) is 0 Å². The predicted octanol–water partition coefficient (Wildman–Crippen LogP) is 3.40. The molecule has 0 radical (unpaired) electrons. The fraction of sp³-hybridized carbons (Fsp3) is 0.545. The monoisotopic (exact) mass is 433 g/mol. The molecule has 1 atom stereocenters. The molecule has 3 heterocycles. The molecule has 2 aromatic rings. The smallest absolute Gasteiger partial charge is 0.223 e. The van der Waals surface area contributed by atoms with Gasteiger partial charge in [0.1, 0.15) is 11.0 Å². The van der Waals surface area contributed by atoms with Crippen molar-refractivity contribution in [3.63, 3.8) is 0 Å². The van der Waals surface area contributed by atoms with Crippen molar-refractivity contribution in [1.29, 1.82) is 0 Å². The van der Waals surface area contributed by atoms with Crippen LogP contribution in [0, 0.1) is 12.7 Å². The minimum atomic E-state index is -0.226. The van der Waals surface area contributed by atoms with Crippen molar-refractivity contribution in [3.8, 4) is 0 Å². The first kappa shape index (κ1) is 21.1. The Labute approximate surface area is 182 Å². The Bertz CT molecular complexity index is 892. The van der Waals surface area contributed by atoms with Crippen LogP contribution in [-0.2, 0) is 11.8 Å². The molecule has 30 heavy (non-hydrogen) atoms. The van der Waals surface area contributed by atoms with Crippen LogP contribution in [0.5, 0.6) is 0 Å². The number of aryl methyl sites for hydroxylation is 2. The molecule has 0 aliphatic carbocycles. The lowest BCUT2D eigenvalue weighted by Gasteiger charge is -2.36.